The molecule has 462 valence electrons. The van der Waals surface area contributed by atoms with Crippen molar-refractivity contribution in [3.05, 3.63) is 70.4 Å². The van der Waals surface area contributed by atoms with Crippen molar-refractivity contribution < 1.29 is 86.1 Å². The van der Waals surface area contributed by atoms with Gasteiger partial charge in [0.15, 0.2) is 0 Å². The molecule has 0 bridgehead atoms. The van der Waals surface area contributed by atoms with Crippen LogP contribution in [0, 0.1) is 12.3 Å². The van der Waals surface area contributed by atoms with Crippen molar-refractivity contribution in [2.45, 2.75) is 77.7 Å². The van der Waals surface area contributed by atoms with Gasteiger partial charge in [-0.15, -0.1) is 11.3 Å². The molecule has 0 spiro atoms. The highest BCUT2D eigenvalue weighted by atomic mass is 32.1. The number of likely N-dealkylation sites (tertiary alicyclic amines) is 1. The zero-order valence-electron chi connectivity index (χ0n) is 48.2. The van der Waals surface area contributed by atoms with E-state index in [0.29, 0.717) is 85.0 Å². The summed E-state index contributed by atoms with van der Waals surface area (Å²) in [5.41, 5.74) is 4.65. The predicted molar refractivity (Wildman–Crippen MR) is 304 cm³/mol. The van der Waals surface area contributed by atoms with E-state index in [0.717, 1.165) is 26.6 Å². The topological polar surface area (TPSA) is 319 Å². The molecule has 0 saturated carbocycles. The molecule has 3 aliphatic heterocycles. The van der Waals surface area contributed by atoms with Crippen LogP contribution in [0.1, 0.15) is 72.0 Å². The van der Waals surface area contributed by atoms with Crippen molar-refractivity contribution in [1.82, 2.24) is 36.1 Å². The molecule has 27 heteroatoms. The number of aliphatic hydroxyl groups excluding tert-OH is 1. The molecule has 6 N–H and O–H groups in total. The van der Waals surface area contributed by atoms with E-state index in [1.165, 1.54) is 11.0 Å². The number of amides is 8. The monoisotopic (exact) mass is 1200 g/mol. The standard InChI is InChI=1S/C57H80N8O18S/c1-38-50(84-37-61-38)40-10-8-39(9-11-40)33-60-52(70)45-32-41(66)34-64(45)56(74)51(57(2,3)4)62-48(69)36-83-31-29-81-27-25-79-23-21-77-19-17-75-16-18-76-20-22-78-24-26-80-28-30-82-35-47(68)59-15-14-58-43-7-5-6-42-49(43)55(73)65(54(42)72)44-12-13-46(67)63-53(44)71/h5-11,37,41,44-45,51,58,66H,12-36H2,1-4H3,(H,59,68)(H,60,70)(H,62,69)(H,63,67,71). The summed E-state index contributed by atoms with van der Waals surface area (Å²) in [5.74, 6) is -4.04. The number of β-amino-alcohol motifs (C(OH)–C–C–N with tert-alkyl or cyclic N) is 1. The summed E-state index contributed by atoms with van der Waals surface area (Å²) in [5, 5.41) is 24.2. The second kappa shape index (κ2) is 35.2. The van der Waals surface area contributed by atoms with Gasteiger partial charge in [-0.3, -0.25) is 48.6 Å². The number of aryl methyl sites for hydroxylation is 1. The number of aliphatic hydroxyl groups is 1. The van der Waals surface area contributed by atoms with Crippen LogP contribution in [0.5, 0.6) is 0 Å². The molecule has 26 nitrogen and oxygen atoms in total. The van der Waals surface area contributed by atoms with Crippen molar-refractivity contribution >= 4 is 64.3 Å². The maximum atomic E-state index is 13.9. The van der Waals surface area contributed by atoms with Gasteiger partial charge in [0.1, 0.15) is 31.3 Å². The highest BCUT2D eigenvalue weighted by Gasteiger charge is 2.46. The highest BCUT2D eigenvalue weighted by Crippen LogP contribution is 2.33. The number of imide groups is 2. The number of ether oxygens (including phenoxy) is 9. The summed E-state index contributed by atoms with van der Waals surface area (Å²) >= 11 is 1.56. The fourth-order valence-corrected chi connectivity index (χ4v) is 9.89. The number of nitrogens with one attached hydrogen (secondary N) is 5. The number of benzene rings is 2. The largest absolute Gasteiger partial charge is 0.391 e. The highest BCUT2D eigenvalue weighted by molar-refractivity contribution is 7.13. The minimum atomic E-state index is -1.06. The Labute approximate surface area is 492 Å². The Morgan fingerprint density at radius 2 is 1.26 bits per heavy atom. The summed E-state index contributed by atoms with van der Waals surface area (Å²) in [6.07, 6.45) is -0.711. The molecule has 2 aromatic carbocycles. The Bertz CT molecular complexity index is 2640. The van der Waals surface area contributed by atoms with Crippen LogP contribution in [0.25, 0.3) is 10.4 Å². The van der Waals surface area contributed by atoms with Crippen LogP contribution in [0.2, 0.25) is 0 Å². The second-order valence-corrected chi connectivity index (χ2v) is 21.6. The first kappa shape index (κ1) is 66.8. The van der Waals surface area contributed by atoms with E-state index < -0.39 is 65.1 Å². The van der Waals surface area contributed by atoms with E-state index in [9.17, 15) is 43.5 Å². The maximum absolute atomic E-state index is 13.9. The third-order valence-electron chi connectivity index (χ3n) is 13.4. The van der Waals surface area contributed by atoms with Crippen molar-refractivity contribution in [1.29, 1.82) is 0 Å². The molecule has 4 atom stereocenters. The number of fused-ring (bicyclic) bond motifs is 1. The van der Waals surface area contributed by atoms with E-state index in [-0.39, 0.29) is 108 Å². The smallest absolute Gasteiger partial charge is 0.264 e. The van der Waals surface area contributed by atoms with Crippen molar-refractivity contribution in [2.24, 2.45) is 5.41 Å². The Morgan fingerprint density at radius 1 is 0.714 bits per heavy atom. The van der Waals surface area contributed by atoms with Crippen molar-refractivity contribution in [3.63, 3.8) is 0 Å². The van der Waals surface area contributed by atoms with Gasteiger partial charge >= 0.3 is 0 Å². The molecule has 4 heterocycles. The van der Waals surface area contributed by atoms with Crippen molar-refractivity contribution in [3.8, 4) is 10.4 Å². The lowest BCUT2D eigenvalue weighted by molar-refractivity contribution is -0.144. The SMILES string of the molecule is Cc1ncsc1-c1ccc(CNC(=O)C2CC(O)CN2C(=O)C(NC(=O)COCCOCCOCCOCCOCCOCCOCCOCCOCC(=O)NCCNc2cccc3c2C(=O)N(C2CCC(=O)NC2=O)C3=O)C(C)(C)C)cc1. The number of nitrogens with zero attached hydrogens (tertiary/aromatic N) is 3. The first-order valence-corrected chi connectivity index (χ1v) is 29.0. The van der Waals surface area contributed by atoms with Crippen molar-refractivity contribution in [2.75, 3.05) is 144 Å². The molecule has 8 amide bonds. The number of anilines is 1. The van der Waals surface area contributed by atoms with Crippen LogP contribution in [-0.2, 0) is 77.9 Å². The van der Waals surface area contributed by atoms with E-state index in [1.54, 1.807) is 29.0 Å². The van der Waals surface area contributed by atoms with E-state index >= 15 is 0 Å². The van der Waals surface area contributed by atoms with Gasteiger partial charge < -0.3 is 73.9 Å². The first-order chi connectivity index (χ1) is 40.5. The fourth-order valence-electron chi connectivity index (χ4n) is 9.08. The molecule has 2 saturated heterocycles. The van der Waals surface area contributed by atoms with Crippen LogP contribution < -0.4 is 26.6 Å². The summed E-state index contributed by atoms with van der Waals surface area (Å²) < 4.78 is 49.4. The normalized spacial score (nSPS) is 17.3. The molecule has 0 radical (unpaired) electrons. The zero-order valence-corrected chi connectivity index (χ0v) is 49.1. The second-order valence-electron chi connectivity index (χ2n) is 20.8. The lowest BCUT2D eigenvalue weighted by atomic mass is 9.85. The maximum Gasteiger partial charge on any atom is 0.264 e. The number of rotatable bonds is 39. The number of hydrogen-bond donors (Lipinski definition) is 6. The molecule has 3 aliphatic rings. The van der Waals surface area contributed by atoms with E-state index in [4.69, 9.17) is 42.6 Å². The number of thiazole rings is 1. The third-order valence-corrected chi connectivity index (χ3v) is 14.4. The quantitative estimate of drug-likeness (QED) is 0.0343. The minimum Gasteiger partial charge on any atom is -0.391 e. The van der Waals surface area contributed by atoms with Gasteiger partial charge in [0.25, 0.3) is 11.8 Å². The number of aromatic nitrogens is 1. The summed E-state index contributed by atoms with van der Waals surface area (Å²) in [7, 11) is 0. The molecule has 6 rings (SSSR count). The molecule has 2 fully saturated rings. The number of piperidine rings is 1. The molecule has 3 aromatic rings. The predicted octanol–water partition coefficient (Wildman–Crippen LogP) is 1.01. The average molecular weight is 1200 g/mol. The van der Waals surface area contributed by atoms with Crippen LogP contribution in [-0.4, -0.2) is 230 Å². The number of carbonyl (C=O) groups is 8. The van der Waals surface area contributed by atoms with Gasteiger partial charge in [-0.2, -0.15) is 0 Å². The Morgan fingerprint density at radius 3 is 1.79 bits per heavy atom. The van der Waals surface area contributed by atoms with Gasteiger partial charge in [0.05, 0.1) is 139 Å². The third kappa shape index (κ3) is 21.3. The van der Waals surface area contributed by atoms with Crippen LogP contribution >= 0.6 is 11.3 Å². The van der Waals surface area contributed by atoms with Gasteiger partial charge in [-0.05, 0) is 42.0 Å². The molecule has 0 aliphatic carbocycles. The molecular formula is C57H80N8O18S. The van der Waals surface area contributed by atoms with E-state index in [2.05, 4.69) is 31.6 Å². The lowest BCUT2D eigenvalue weighted by Gasteiger charge is -2.35. The molecule has 4 unspecified atom stereocenters. The minimum absolute atomic E-state index is 0.0272. The molecular weight excluding hydrogens is 1120 g/mol. The first-order valence-electron chi connectivity index (χ1n) is 28.1. The Kier molecular flexibility index (Phi) is 28.0. The van der Waals surface area contributed by atoms with Gasteiger partial charge in [-0.1, -0.05) is 51.1 Å². The summed E-state index contributed by atoms with van der Waals surface area (Å²) in [6.45, 7) is 12.9. The van der Waals surface area contributed by atoms with Gasteiger partial charge in [0.2, 0.25) is 35.4 Å². The zero-order chi connectivity index (χ0) is 60.3. The Balaban J connectivity index is 0.667. The van der Waals surface area contributed by atoms with Gasteiger partial charge in [-0.25, -0.2) is 4.98 Å². The van der Waals surface area contributed by atoms with Gasteiger partial charge in [0, 0.05) is 44.7 Å². The van der Waals surface area contributed by atoms with Crippen LogP contribution in [0.4, 0.5) is 5.69 Å². The van der Waals surface area contributed by atoms with Crippen LogP contribution in [0.3, 0.4) is 0 Å². The molecule has 1 aromatic heterocycles. The fraction of sp³-hybridized carbons (Fsp3) is 0.596. The average Bonchev–Trinajstić information content (AvgIpc) is 4.38. The van der Waals surface area contributed by atoms with Crippen LogP contribution in [0.15, 0.2) is 48.0 Å². The van der Waals surface area contributed by atoms with E-state index in [1.807, 2.05) is 52.0 Å². The number of hydrogen-bond acceptors (Lipinski definition) is 21. The Hall–Kier alpha value is -6.37. The molecule has 84 heavy (non-hydrogen) atoms. The lowest BCUT2D eigenvalue weighted by Crippen LogP contribution is -2.58. The summed E-state index contributed by atoms with van der Waals surface area (Å²) in [6, 6.07) is 9.64. The number of carbonyl (C=O) groups excluding carboxylic acids is 8. The summed E-state index contributed by atoms with van der Waals surface area (Å²) in [4.78, 5) is 110.